The van der Waals surface area contributed by atoms with Gasteiger partial charge in [-0.1, -0.05) is 76.9 Å². The summed E-state index contributed by atoms with van der Waals surface area (Å²) in [7, 11) is 0. The van der Waals surface area contributed by atoms with Crippen LogP contribution in [0.15, 0.2) is 182 Å². The van der Waals surface area contributed by atoms with E-state index < -0.39 is 0 Å². The molecule has 1 aliphatic carbocycles. The molecular formula is C53H52Cl2Zr-2. The number of fused-ring (bicyclic) bond motifs is 3. The molecule has 0 amide bonds. The van der Waals surface area contributed by atoms with Gasteiger partial charge in [-0.25, -0.2) is 12.2 Å². The first kappa shape index (κ1) is 44.7. The molecule has 0 radical (unpaired) electrons. The van der Waals surface area contributed by atoms with Crippen LogP contribution >= 0.6 is 0 Å². The number of benzene rings is 6. The minimum absolute atomic E-state index is 0. The van der Waals surface area contributed by atoms with Crippen molar-refractivity contribution in [3.63, 3.8) is 0 Å². The summed E-state index contributed by atoms with van der Waals surface area (Å²) in [4.78, 5) is 0. The average Bonchev–Trinajstić information content (AvgIpc) is 3.88. The van der Waals surface area contributed by atoms with Crippen molar-refractivity contribution in [3.8, 4) is 0 Å². The molecule has 0 N–H and O–H groups in total. The van der Waals surface area contributed by atoms with Gasteiger partial charge in [0.15, 0.2) is 0 Å². The van der Waals surface area contributed by atoms with Gasteiger partial charge in [-0.05, 0) is 10.8 Å². The van der Waals surface area contributed by atoms with Crippen LogP contribution in [0, 0.1) is 6.08 Å². The Morgan fingerprint density at radius 1 is 0.518 bits per heavy atom. The maximum absolute atomic E-state index is 2.99. The molecule has 0 nitrogen and oxygen atoms in total. The summed E-state index contributed by atoms with van der Waals surface area (Å²) in [5.41, 5.74) is 8.65. The van der Waals surface area contributed by atoms with E-state index in [-0.39, 0.29) is 47.5 Å². The molecule has 284 valence electrons. The van der Waals surface area contributed by atoms with Crippen LogP contribution in [0.1, 0.15) is 93.2 Å². The predicted molar refractivity (Wildman–Crippen MR) is 230 cm³/mol. The van der Waals surface area contributed by atoms with E-state index in [4.69, 9.17) is 0 Å². The zero-order chi connectivity index (χ0) is 38.1. The molecule has 1 aliphatic rings. The van der Waals surface area contributed by atoms with Gasteiger partial charge in [-0.15, -0.1) is 46.2 Å². The van der Waals surface area contributed by atoms with E-state index in [0.29, 0.717) is 0 Å². The van der Waals surface area contributed by atoms with Gasteiger partial charge in [0.1, 0.15) is 0 Å². The van der Waals surface area contributed by atoms with Crippen LogP contribution < -0.4 is 24.8 Å². The molecule has 3 heteroatoms. The number of hydrogen-bond acceptors (Lipinski definition) is 0. The molecule has 0 atom stereocenters. The summed E-state index contributed by atoms with van der Waals surface area (Å²) in [5.74, 6) is 0.567. The van der Waals surface area contributed by atoms with Crippen molar-refractivity contribution < 1.29 is 49.0 Å². The molecule has 0 fully saturated rings. The van der Waals surface area contributed by atoms with E-state index in [0.717, 1.165) is 6.42 Å². The molecule has 7 aromatic carbocycles. The Balaban J connectivity index is 0.000000220. The summed E-state index contributed by atoms with van der Waals surface area (Å²) >= 11 is 1.47. The van der Waals surface area contributed by atoms with E-state index in [1.54, 1.807) is 0 Å². The van der Waals surface area contributed by atoms with Gasteiger partial charge in [0.05, 0.1) is 0 Å². The first-order valence-corrected chi connectivity index (χ1v) is 20.4. The van der Waals surface area contributed by atoms with Gasteiger partial charge in [-0.3, -0.25) is 6.08 Å². The van der Waals surface area contributed by atoms with E-state index in [1.807, 2.05) is 12.2 Å². The molecule has 8 rings (SSSR count). The second kappa shape index (κ2) is 20.4. The summed E-state index contributed by atoms with van der Waals surface area (Å²) < 4.78 is 1.53. The fraction of sp³-hybridized carbons (Fsp3) is 0.208. The standard InChI is InChI=1S/C27H22.C21H25.C5H5.2ClH.Zr/c1-5-13-22(14-6-1)26(23-15-7-2-8-16-23)21-27(24-17-9-3-10-18-24)25-19-11-4-12-20-25;1-20(2,3)16-7-9-18-14(12-16)11-15-13-17(21(4,5)6)8-10-19(15)18;1-2-4-5-3-1;;;/h1-20,26-27H;7-13H,1-6H3;1-3H,4H2;2*1H;/q;2*-1;;;+2/p-2. The van der Waals surface area contributed by atoms with Crippen molar-refractivity contribution in [2.75, 3.05) is 0 Å². The third-order valence-corrected chi connectivity index (χ3v) is 11.6. The number of hydrogen-bond donors (Lipinski definition) is 0. The Hall–Kier alpha value is -4.00. The number of allylic oxidation sites excluding steroid dienone is 4. The fourth-order valence-electron chi connectivity index (χ4n) is 7.15. The monoisotopic (exact) mass is 848 g/mol. The zero-order valence-corrected chi connectivity index (χ0v) is 37.4. The number of rotatable bonds is 6. The van der Waals surface area contributed by atoms with Gasteiger partial charge in [-0.2, -0.15) is 6.08 Å². The van der Waals surface area contributed by atoms with E-state index in [2.05, 4.69) is 217 Å². The van der Waals surface area contributed by atoms with Gasteiger partial charge >= 0.3 is 183 Å². The van der Waals surface area contributed by atoms with Crippen LogP contribution in [0.5, 0.6) is 0 Å². The Kier molecular flexibility index (Phi) is 16.3. The van der Waals surface area contributed by atoms with Gasteiger partial charge < -0.3 is 24.8 Å². The van der Waals surface area contributed by atoms with E-state index in [9.17, 15) is 0 Å². The van der Waals surface area contributed by atoms with Crippen molar-refractivity contribution in [1.29, 1.82) is 0 Å². The van der Waals surface area contributed by atoms with Crippen LogP contribution in [-0.4, -0.2) is 3.21 Å². The molecule has 0 saturated heterocycles. The van der Waals surface area contributed by atoms with Gasteiger partial charge in [0.2, 0.25) is 0 Å². The summed E-state index contributed by atoms with van der Waals surface area (Å²) in [5, 5.41) is 5.48. The first-order chi connectivity index (χ1) is 26.0. The maximum atomic E-state index is 2.99. The molecule has 0 heterocycles. The Morgan fingerprint density at radius 2 is 0.857 bits per heavy atom. The van der Waals surface area contributed by atoms with Crippen molar-refractivity contribution in [1.82, 2.24) is 0 Å². The predicted octanol–water partition coefficient (Wildman–Crippen LogP) is 7.99. The number of halogens is 2. The Morgan fingerprint density at radius 3 is 1.11 bits per heavy atom. The topological polar surface area (TPSA) is 0 Å². The van der Waals surface area contributed by atoms with E-state index >= 15 is 0 Å². The molecule has 0 saturated carbocycles. The Labute approximate surface area is 363 Å². The van der Waals surface area contributed by atoms with Crippen molar-refractivity contribution >= 4 is 24.8 Å². The molecule has 0 aliphatic heterocycles. The third kappa shape index (κ3) is 11.3. The normalized spacial score (nSPS) is 12.0. The van der Waals surface area contributed by atoms with Crippen molar-refractivity contribution in [2.24, 2.45) is 0 Å². The van der Waals surface area contributed by atoms with Crippen LogP contribution in [0.2, 0.25) is 0 Å². The molecule has 7 aromatic rings. The summed E-state index contributed by atoms with van der Waals surface area (Å²) in [6.07, 6.45) is 10.0. The second-order valence-electron chi connectivity index (χ2n) is 16.2. The molecular weight excluding hydrogens is 799 g/mol. The minimum atomic E-state index is 0. The summed E-state index contributed by atoms with van der Waals surface area (Å²) in [6, 6.07) is 59.8. The molecule has 56 heavy (non-hydrogen) atoms. The van der Waals surface area contributed by atoms with Crippen LogP contribution in [0.3, 0.4) is 0 Å². The first-order valence-electron chi connectivity index (χ1n) is 19.1. The van der Waals surface area contributed by atoms with Crippen LogP contribution in [0.25, 0.3) is 21.5 Å². The van der Waals surface area contributed by atoms with E-state index in [1.165, 1.54) is 82.4 Å². The fourth-order valence-corrected chi connectivity index (χ4v) is 8.79. The average molecular weight is 851 g/mol. The SMILES string of the molecule is CC(C)(C)c1ccc2c(c1)[cH-]c1cc(C(C)(C)C)ccc12.[C-]1=CC=CC1.[Cl-].[Cl-].[Zr+2]=[C](C(c1ccccc1)c1ccccc1)C(c1ccccc1)c1ccccc1. The third-order valence-electron chi connectivity index (χ3n) is 10.2. The van der Waals surface area contributed by atoms with Crippen molar-refractivity contribution in [3.05, 3.63) is 221 Å². The quantitative estimate of drug-likeness (QED) is 0.149. The molecule has 0 spiro atoms. The molecule has 0 unspecified atom stereocenters. The van der Waals surface area contributed by atoms with Crippen LogP contribution in [0.4, 0.5) is 0 Å². The molecule has 0 aromatic heterocycles. The van der Waals surface area contributed by atoms with Gasteiger partial charge in [0, 0.05) is 0 Å². The Bertz CT molecular complexity index is 2080. The van der Waals surface area contributed by atoms with Gasteiger partial charge in [0.25, 0.3) is 0 Å². The molecule has 0 bridgehead atoms. The second-order valence-corrected chi connectivity index (χ2v) is 17.6. The van der Waals surface area contributed by atoms with Crippen LogP contribution in [-0.2, 0) is 35.1 Å². The van der Waals surface area contributed by atoms with Crippen molar-refractivity contribution in [2.45, 2.75) is 70.6 Å². The zero-order valence-electron chi connectivity index (χ0n) is 33.4. The summed E-state index contributed by atoms with van der Waals surface area (Å²) in [6.45, 7) is 13.6.